The highest BCUT2D eigenvalue weighted by molar-refractivity contribution is 5.29. The molecule has 0 amide bonds. The van der Waals surface area contributed by atoms with E-state index in [-0.39, 0.29) is 12.1 Å². The second-order valence-electron chi connectivity index (χ2n) is 4.16. The van der Waals surface area contributed by atoms with Crippen molar-refractivity contribution in [1.82, 2.24) is 20.1 Å². The van der Waals surface area contributed by atoms with Gasteiger partial charge in [-0.15, -0.1) is 0 Å². The minimum Gasteiger partial charge on any atom is -0.497 e. The Kier molecular flexibility index (Phi) is 3.94. The third kappa shape index (κ3) is 2.51. The molecule has 0 saturated carbocycles. The molecule has 0 spiro atoms. The Bertz CT molecular complexity index is 466. The summed E-state index contributed by atoms with van der Waals surface area (Å²) in [4.78, 5) is 3.99. The third-order valence-corrected chi connectivity index (χ3v) is 3.12. The van der Waals surface area contributed by atoms with Crippen molar-refractivity contribution in [2.24, 2.45) is 0 Å². The van der Waals surface area contributed by atoms with Gasteiger partial charge in [-0.2, -0.15) is 5.10 Å². The number of nitrogens with zero attached hydrogens (tertiary/aromatic N) is 3. The van der Waals surface area contributed by atoms with Gasteiger partial charge in [0.05, 0.1) is 19.2 Å². The third-order valence-electron chi connectivity index (χ3n) is 3.12. The van der Waals surface area contributed by atoms with E-state index in [2.05, 4.69) is 34.5 Å². The van der Waals surface area contributed by atoms with Crippen molar-refractivity contribution < 1.29 is 4.74 Å². The Labute approximate surface area is 107 Å². The van der Waals surface area contributed by atoms with E-state index in [1.165, 1.54) is 5.56 Å². The zero-order valence-electron chi connectivity index (χ0n) is 10.9. The van der Waals surface area contributed by atoms with Crippen LogP contribution < -0.4 is 10.1 Å². The zero-order valence-corrected chi connectivity index (χ0v) is 10.9. The van der Waals surface area contributed by atoms with E-state index in [1.807, 2.05) is 23.9 Å². The first-order valence-electron chi connectivity index (χ1n) is 5.91. The molecule has 0 saturated heterocycles. The molecule has 1 N–H and O–H groups in total. The fourth-order valence-corrected chi connectivity index (χ4v) is 2.08. The van der Waals surface area contributed by atoms with Crippen LogP contribution in [0, 0.1) is 0 Å². The van der Waals surface area contributed by atoms with Gasteiger partial charge in [0.2, 0.25) is 0 Å². The van der Waals surface area contributed by atoms with E-state index in [0.29, 0.717) is 0 Å². The molecule has 0 radical (unpaired) electrons. The summed E-state index contributed by atoms with van der Waals surface area (Å²) < 4.78 is 7.02. The van der Waals surface area contributed by atoms with E-state index < -0.39 is 0 Å². The van der Waals surface area contributed by atoms with Crippen LogP contribution >= 0.6 is 0 Å². The van der Waals surface area contributed by atoms with E-state index in [9.17, 15) is 0 Å². The van der Waals surface area contributed by atoms with Crippen molar-refractivity contribution in [2.75, 3.05) is 14.2 Å². The first-order valence-corrected chi connectivity index (χ1v) is 5.91. The van der Waals surface area contributed by atoms with Crippen molar-refractivity contribution in [3.05, 3.63) is 42.5 Å². The molecule has 18 heavy (non-hydrogen) atoms. The Morgan fingerprint density at radius 1 is 1.28 bits per heavy atom. The lowest BCUT2D eigenvalue weighted by Crippen LogP contribution is -2.26. The Morgan fingerprint density at radius 3 is 2.50 bits per heavy atom. The Hall–Kier alpha value is -1.88. The lowest BCUT2D eigenvalue weighted by Gasteiger charge is -2.24. The van der Waals surface area contributed by atoms with Crippen LogP contribution in [-0.2, 0) is 0 Å². The van der Waals surface area contributed by atoms with Crippen molar-refractivity contribution in [2.45, 2.75) is 19.0 Å². The molecule has 0 aliphatic carbocycles. The lowest BCUT2D eigenvalue weighted by atomic mass is 10.0. The molecule has 2 aromatic rings. The highest BCUT2D eigenvalue weighted by Crippen LogP contribution is 2.26. The van der Waals surface area contributed by atoms with Gasteiger partial charge in [-0.25, -0.2) is 9.67 Å². The topological polar surface area (TPSA) is 52.0 Å². The number of hydrogen-bond acceptors (Lipinski definition) is 4. The largest absolute Gasteiger partial charge is 0.497 e. The molecule has 2 rings (SSSR count). The van der Waals surface area contributed by atoms with Gasteiger partial charge < -0.3 is 10.1 Å². The summed E-state index contributed by atoms with van der Waals surface area (Å²) in [6.07, 6.45) is 3.29. The molecule has 0 bridgehead atoms. The summed E-state index contributed by atoms with van der Waals surface area (Å²) in [5, 5.41) is 7.50. The zero-order chi connectivity index (χ0) is 13.0. The van der Waals surface area contributed by atoms with Gasteiger partial charge in [0.15, 0.2) is 0 Å². The lowest BCUT2D eigenvalue weighted by molar-refractivity contribution is 0.370. The second kappa shape index (κ2) is 5.64. The number of ether oxygens (including phenoxy) is 1. The summed E-state index contributed by atoms with van der Waals surface area (Å²) in [6.45, 7) is 2.11. The van der Waals surface area contributed by atoms with Crippen molar-refractivity contribution >= 4 is 0 Å². The van der Waals surface area contributed by atoms with Gasteiger partial charge in [-0.1, -0.05) is 12.1 Å². The summed E-state index contributed by atoms with van der Waals surface area (Å²) in [5.74, 6) is 0.863. The van der Waals surface area contributed by atoms with Gasteiger partial charge in [-0.05, 0) is 31.7 Å². The normalized spacial score (nSPS) is 14.2. The molecular formula is C13H18N4O. The Balaban J connectivity index is 2.21. The summed E-state index contributed by atoms with van der Waals surface area (Å²) >= 11 is 0. The quantitative estimate of drug-likeness (QED) is 0.874. The number of hydrogen-bond donors (Lipinski definition) is 1. The second-order valence-corrected chi connectivity index (χ2v) is 4.16. The van der Waals surface area contributed by atoms with Crippen molar-refractivity contribution in [3.8, 4) is 5.75 Å². The molecule has 5 heteroatoms. The molecule has 96 valence electrons. The molecule has 0 fully saturated rings. The molecule has 1 aromatic carbocycles. The van der Waals surface area contributed by atoms with Gasteiger partial charge in [0.1, 0.15) is 18.4 Å². The average Bonchev–Trinajstić information content (AvgIpc) is 2.94. The fraction of sp³-hybridized carbons (Fsp3) is 0.385. The van der Waals surface area contributed by atoms with Crippen LogP contribution in [0.4, 0.5) is 0 Å². The number of methoxy groups -OCH3 is 1. The SMILES string of the molecule is CNC(c1ccc(OC)cc1)C(C)n1cncn1. The highest BCUT2D eigenvalue weighted by Gasteiger charge is 2.19. The van der Waals surface area contributed by atoms with E-state index >= 15 is 0 Å². The molecule has 1 aromatic heterocycles. The molecule has 5 nitrogen and oxygen atoms in total. The standard InChI is InChI=1S/C13H18N4O/c1-10(17-9-15-8-16-17)13(14-2)11-4-6-12(18-3)7-5-11/h4-10,13-14H,1-3H3. The molecule has 2 unspecified atom stereocenters. The number of likely N-dealkylation sites (N-methyl/N-ethyl adjacent to an activating group) is 1. The van der Waals surface area contributed by atoms with Crippen LogP contribution in [-0.4, -0.2) is 28.9 Å². The maximum atomic E-state index is 5.17. The van der Waals surface area contributed by atoms with Gasteiger partial charge in [0, 0.05) is 0 Å². The average molecular weight is 246 g/mol. The molecule has 1 heterocycles. The minimum atomic E-state index is 0.178. The van der Waals surface area contributed by atoms with Crippen LogP contribution in [0.2, 0.25) is 0 Å². The maximum Gasteiger partial charge on any atom is 0.137 e. The Morgan fingerprint density at radius 2 is 2.00 bits per heavy atom. The summed E-state index contributed by atoms with van der Waals surface area (Å²) in [6, 6.07) is 8.42. The van der Waals surface area contributed by atoms with Crippen molar-refractivity contribution in [1.29, 1.82) is 0 Å². The fourth-order valence-electron chi connectivity index (χ4n) is 2.08. The molecule has 0 aliphatic heterocycles. The van der Waals surface area contributed by atoms with Crippen LogP contribution in [0.5, 0.6) is 5.75 Å². The van der Waals surface area contributed by atoms with Crippen molar-refractivity contribution in [3.63, 3.8) is 0 Å². The van der Waals surface area contributed by atoms with Gasteiger partial charge >= 0.3 is 0 Å². The number of nitrogens with one attached hydrogen (secondary N) is 1. The van der Waals surface area contributed by atoms with E-state index in [0.717, 1.165) is 5.75 Å². The van der Waals surface area contributed by atoms with E-state index in [4.69, 9.17) is 4.74 Å². The number of benzene rings is 1. The van der Waals surface area contributed by atoms with Gasteiger partial charge in [0.25, 0.3) is 0 Å². The smallest absolute Gasteiger partial charge is 0.137 e. The predicted octanol–water partition coefficient (Wildman–Crippen LogP) is 1.81. The molecule has 0 aliphatic rings. The van der Waals surface area contributed by atoms with E-state index in [1.54, 1.807) is 19.8 Å². The summed E-state index contributed by atoms with van der Waals surface area (Å²) in [5.41, 5.74) is 1.20. The predicted molar refractivity (Wildman–Crippen MR) is 69.5 cm³/mol. The van der Waals surface area contributed by atoms with Crippen LogP contribution in [0.1, 0.15) is 24.6 Å². The van der Waals surface area contributed by atoms with Crippen LogP contribution in [0.25, 0.3) is 0 Å². The molecular weight excluding hydrogens is 228 g/mol. The van der Waals surface area contributed by atoms with Crippen LogP contribution in [0.15, 0.2) is 36.9 Å². The maximum absolute atomic E-state index is 5.17. The summed E-state index contributed by atoms with van der Waals surface area (Å²) in [7, 11) is 3.62. The first-order chi connectivity index (χ1) is 8.76. The number of rotatable bonds is 5. The minimum absolute atomic E-state index is 0.178. The van der Waals surface area contributed by atoms with Crippen LogP contribution in [0.3, 0.4) is 0 Å². The monoisotopic (exact) mass is 246 g/mol. The number of aromatic nitrogens is 3. The first kappa shape index (κ1) is 12.6. The molecule has 2 atom stereocenters. The van der Waals surface area contributed by atoms with Gasteiger partial charge in [-0.3, -0.25) is 0 Å². The highest BCUT2D eigenvalue weighted by atomic mass is 16.5.